The molecule has 1 aromatic carbocycles. The second kappa shape index (κ2) is 10.6. The van der Waals surface area contributed by atoms with Gasteiger partial charge in [0.05, 0.1) is 33.0 Å². The summed E-state index contributed by atoms with van der Waals surface area (Å²) in [7, 11) is 1.65. The van der Waals surface area contributed by atoms with E-state index in [0.29, 0.717) is 46.2 Å². The molecule has 0 aliphatic carbocycles. The first-order valence-electron chi connectivity index (χ1n) is 7.26. The van der Waals surface area contributed by atoms with Crippen molar-refractivity contribution in [3.63, 3.8) is 0 Å². The quantitative estimate of drug-likeness (QED) is 0.631. The van der Waals surface area contributed by atoms with Gasteiger partial charge < -0.3 is 24.7 Å². The largest absolute Gasteiger partial charge is 0.491 e. The van der Waals surface area contributed by atoms with Gasteiger partial charge in [-0.15, -0.1) is 0 Å². The lowest BCUT2D eigenvalue weighted by atomic mass is 10.1. The third kappa shape index (κ3) is 6.91. The summed E-state index contributed by atoms with van der Waals surface area (Å²) in [5, 5.41) is 0. The van der Waals surface area contributed by atoms with Crippen molar-refractivity contribution in [3.8, 4) is 5.75 Å². The molecule has 2 N–H and O–H groups in total. The zero-order chi connectivity index (χ0) is 15.5. The van der Waals surface area contributed by atoms with Crippen LogP contribution in [0.4, 0.5) is 0 Å². The Morgan fingerprint density at radius 2 is 1.38 bits per heavy atom. The van der Waals surface area contributed by atoms with Crippen LogP contribution < -0.4 is 10.5 Å². The van der Waals surface area contributed by atoms with Crippen LogP contribution >= 0.6 is 0 Å². The van der Waals surface area contributed by atoms with Crippen LogP contribution in [-0.2, 0) is 20.8 Å². The molecule has 0 fully saturated rings. The molecule has 0 saturated carbocycles. The fraction of sp³-hybridized carbons (Fsp3) is 0.625. The van der Waals surface area contributed by atoms with Crippen molar-refractivity contribution in [1.82, 2.24) is 0 Å². The standard InChI is InChI=1S/C16H27NO4/c1-13-10-15(12-17)11-14(2)16(13)21-9-8-20-7-6-19-5-4-18-3/h10-11H,4-9,12,17H2,1-3H3. The highest BCUT2D eigenvalue weighted by Crippen LogP contribution is 2.24. The molecule has 0 aromatic heterocycles. The summed E-state index contributed by atoms with van der Waals surface area (Å²) in [6, 6.07) is 4.12. The lowest BCUT2D eigenvalue weighted by molar-refractivity contribution is 0.0179. The summed E-state index contributed by atoms with van der Waals surface area (Å²) in [6.07, 6.45) is 0. The molecule has 120 valence electrons. The predicted molar refractivity (Wildman–Crippen MR) is 82.8 cm³/mol. The Morgan fingerprint density at radius 3 is 1.90 bits per heavy atom. The zero-order valence-corrected chi connectivity index (χ0v) is 13.3. The third-order valence-electron chi connectivity index (χ3n) is 3.03. The Morgan fingerprint density at radius 1 is 0.857 bits per heavy atom. The molecule has 0 bridgehead atoms. The number of benzene rings is 1. The van der Waals surface area contributed by atoms with Gasteiger partial charge in [-0.3, -0.25) is 0 Å². The normalized spacial score (nSPS) is 10.9. The minimum atomic E-state index is 0.529. The molecule has 0 radical (unpaired) electrons. The fourth-order valence-corrected chi connectivity index (χ4v) is 2.05. The van der Waals surface area contributed by atoms with Crippen LogP contribution in [0.5, 0.6) is 5.75 Å². The summed E-state index contributed by atoms with van der Waals surface area (Å²) < 4.78 is 21.4. The molecular weight excluding hydrogens is 270 g/mol. The molecular formula is C16H27NO4. The van der Waals surface area contributed by atoms with E-state index < -0.39 is 0 Å². The molecule has 21 heavy (non-hydrogen) atoms. The highest BCUT2D eigenvalue weighted by atomic mass is 16.6. The highest BCUT2D eigenvalue weighted by Gasteiger charge is 2.05. The van der Waals surface area contributed by atoms with Crippen molar-refractivity contribution in [2.75, 3.05) is 46.8 Å². The van der Waals surface area contributed by atoms with Crippen LogP contribution in [0, 0.1) is 13.8 Å². The lowest BCUT2D eigenvalue weighted by Gasteiger charge is -2.14. The van der Waals surface area contributed by atoms with E-state index in [2.05, 4.69) is 12.1 Å². The molecule has 1 aromatic rings. The second-order valence-corrected chi connectivity index (χ2v) is 4.83. The number of nitrogens with two attached hydrogens (primary N) is 1. The monoisotopic (exact) mass is 297 g/mol. The number of methoxy groups -OCH3 is 1. The second-order valence-electron chi connectivity index (χ2n) is 4.83. The fourth-order valence-electron chi connectivity index (χ4n) is 2.05. The van der Waals surface area contributed by atoms with Gasteiger partial charge in [-0.1, -0.05) is 12.1 Å². The van der Waals surface area contributed by atoms with E-state index in [9.17, 15) is 0 Å². The number of ether oxygens (including phenoxy) is 4. The van der Waals surface area contributed by atoms with Crippen molar-refractivity contribution < 1.29 is 18.9 Å². The van der Waals surface area contributed by atoms with Crippen LogP contribution in [0.1, 0.15) is 16.7 Å². The molecule has 0 spiro atoms. The van der Waals surface area contributed by atoms with Crippen LogP contribution in [-0.4, -0.2) is 46.8 Å². The maximum atomic E-state index is 5.79. The van der Waals surface area contributed by atoms with Crippen molar-refractivity contribution in [2.24, 2.45) is 5.73 Å². The van der Waals surface area contributed by atoms with Crippen molar-refractivity contribution in [1.29, 1.82) is 0 Å². The first kappa shape index (κ1) is 17.9. The van der Waals surface area contributed by atoms with E-state index in [1.54, 1.807) is 7.11 Å². The van der Waals surface area contributed by atoms with Gasteiger partial charge in [0.25, 0.3) is 0 Å². The van der Waals surface area contributed by atoms with E-state index in [-0.39, 0.29) is 0 Å². The van der Waals surface area contributed by atoms with Gasteiger partial charge in [0.15, 0.2) is 0 Å². The van der Waals surface area contributed by atoms with Gasteiger partial charge in [0, 0.05) is 13.7 Å². The number of aryl methyl sites for hydroxylation is 2. The maximum Gasteiger partial charge on any atom is 0.125 e. The zero-order valence-electron chi connectivity index (χ0n) is 13.3. The molecule has 0 aliphatic heterocycles. The van der Waals surface area contributed by atoms with Gasteiger partial charge in [-0.2, -0.15) is 0 Å². The molecule has 5 heteroatoms. The van der Waals surface area contributed by atoms with Gasteiger partial charge in [0.1, 0.15) is 12.4 Å². The minimum absolute atomic E-state index is 0.529. The summed E-state index contributed by atoms with van der Waals surface area (Å²) in [6.45, 7) is 8.05. The topological polar surface area (TPSA) is 62.9 Å². The van der Waals surface area contributed by atoms with Crippen molar-refractivity contribution in [3.05, 3.63) is 28.8 Å². The van der Waals surface area contributed by atoms with E-state index in [1.165, 1.54) is 0 Å². The van der Waals surface area contributed by atoms with Gasteiger partial charge in [-0.25, -0.2) is 0 Å². The van der Waals surface area contributed by atoms with E-state index >= 15 is 0 Å². The Bertz CT molecular complexity index is 386. The smallest absolute Gasteiger partial charge is 0.125 e. The third-order valence-corrected chi connectivity index (χ3v) is 3.03. The lowest BCUT2D eigenvalue weighted by Crippen LogP contribution is -2.13. The predicted octanol–water partition coefficient (Wildman–Crippen LogP) is 1.82. The SMILES string of the molecule is COCCOCCOCCOc1c(C)cc(CN)cc1C. The van der Waals surface area contributed by atoms with Crippen molar-refractivity contribution in [2.45, 2.75) is 20.4 Å². The summed E-state index contributed by atoms with van der Waals surface area (Å²) in [4.78, 5) is 0. The Labute approximate surface area is 127 Å². The number of rotatable bonds is 11. The molecule has 0 aliphatic rings. The van der Waals surface area contributed by atoms with Crippen LogP contribution in [0.25, 0.3) is 0 Å². The summed E-state index contributed by atoms with van der Waals surface area (Å²) >= 11 is 0. The molecule has 0 unspecified atom stereocenters. The van der Waals surface area contributed by atoms with Gasteiger partial charge in [-0.05, 0) is 30.5 Å². The van der Waals surface area contributed by atoms with Gasteiger partial charge >= 0.3 is 0 Å². The minimum Gasteiger partial charge on any atom is -0.491 e. The molecule has 0 heterocycles. The van der Waals surface area contributed by atoms with E-state index in [1.807, 2.05) is 13.8 Å². The first-order chi connectivity index (χ1) is 10.2. The Balaban J connectivity index is 2.18. The average Bonchev–Trinajstić information content (AvgIpc) is 2.47. The molecule has 1 rings (SSSR count). The first-order valence-corrected chi connectivity index (χ1v) is 7.26. The van der Waals surface area contributed by atoms with Crippen LogP contribution in [0.3, 0.4) is 0 Å². The highest BCUT2D eigenvalue weighted by molar-refractivity contribution is 5.43. The maximum absolute atomic E-state index is 5.79. The van der Waals surface area contributed by atoms with Crippen molar-refractivity contribution >= 4 is 0 Å². The molecule has 5 nitrogen and oxygen atoms in total. The van der Waals surface area contributed by atoms with E-state index in [4.69, 9.17) is 24.7 Å². The Hall–Kier alpha value is -1.14. The van der Waals surface area contributed by atoms with Crippen LogP contribution in [0.15, 0.2) is 12.1 Å². The molecule has 0 saturated heterocycles. The van der Waals surface area contributed by atoms with Gasteiger partial charge in [0.2, 0.25) is 0 Å². The number of hydrogen-bond donors (Lipinski definition) is 1. The van der Waals surface area contributed by atoms with Crippen LogP contribution in [0.2, 0.25) is 0 Å². The molecule has 0 atom stereocenters. The number of hydrogen-bond acceptors (Lipinski definition) is 5. The Kier molecular flexibility index (Phi) is 9.01. The molecule has 0 amide bonds. The average molecular weight is 297 g/mol. The summed E-state index contributed by atoms with van der Waals surface area (Å²) in [5.41, 5.74) is 9.00. The van der Waals surface area contributed by atoms with E-state index in [0.717, 1.165) is 22.4 Å². The summed E-state index contributed by atoms with van der Waals surface area (Å²) in [5.74, 6) is 0.923.